The molecule has 0 spiro atoms. The lowest BCUT2D eigenvalue weighted by atomic mass is 10.2. The zero-order chi connectivity index (χ0) is 15.9. The quantitative estimate of drug-likeness (QED) is 0.667. The monoisotopic (exact) mass is 321 g/mol. The van der Waals surface area contributed by atoms with Gasteiger partial charge in [0, 0.05) is 5.69 Å². The topological polar surface area (TPSA) is 62.7 Å². The number of hydrogen-bond donors (Lipinski definition) is 2. The van der Waals surface area contributed by atoms with E-state index in [1.165, 1.54) is 24.4 Å². The molecule has 0 radical (unpaired) electrons. The van der Waals surface area contributed by atoms with Gasteiger partial charge in [0.15, 0.2) is 0 Å². The molecule has 0 heterocycles. The maximum absolute atomic E-state index is 13.0. The molecule has 0 unspecified atom stereocenters. The predicted octanol–water partition coefficient (Wildman–Crippen LogP) is 3.64. The highest BCUT2D eigenvalue weighted by molar-refractivity contribution is 6.31. The molecule has 0 aromatic heterocycles. The van der Waals surface area contributed by atoms with Gasteiger partial charge in [0.25, 0.3) is 0 Å². The first-order chi connectivity index (χ1) is 10.6. The zero-order valence-electron chi connectivity index (χ0n) is 11.6. The van der Waals surface area contributed by atoms with E-state index in [0.717, 1.165) is 11.3 Å². The van der Waals surface area contributed by atoms with E-state index in [4.69, 9.17) is 16.3 Å². The van der Waals surface area contributed by atoms with Crippen LogP contribution >= 0.6 is 11.6 Å². The summed E-state index contributed by atoms with van der Waals surface area (Å²) in [5, 5.41) is 6.21. The van der Waals surface area contributed by atoms with Crippen molar-refractivity contribution in [3.05, 3.63) is 58.9 Å². The van der Waals surface area contributed by atoms with Crippen molar-refractivity contribution in [3.63, 3.8) is 0 Å². The van der Waals surface area contributed by atoms with E-state index in [1.54, 1.807) is 31.4 Å². The third kappa shape index (κ3) is 4.46. The van der Waals surface area contributed by atoms with Crippen molar-refractivity contribution in [2.45, 2.75) is 0 Å². The smallest absolute Gasteiger partial charge is 0.339 e. The van der Waals surface area contributed by atoms with E-state index in [2.05, 4.69) is 15.8 Å². The molecular formula is C15H13ClFN3O2. The van der Waals surface area contributed by atoms with Crippen LogP contribution in [0.25, 0.3) is 0 Å². The Kier molecular flexibility index (Phi) is 5.32. The Balaban J connectivity index is 1.88. The van der Waals surface area contributed by atoms with Crippen molar-refractivity contribution in [1.82, 2.24) is 5.43 Å². The lowest BCUT2D eigenvalue weighted by molar-refractivity contribution is 0.252. The molecule has 2 rings (SSSR count). The van der Waals surface area contributed by atoms with Gasteiger partial charge in [-0.2, -0.15) is 5.10 Å². The number of benzene rings is 2. The molecule has 22 heavy (non-hydrogen) atoms. The van der Waals surface area contributed by atoms with E-state index in [9.17, 15) is 9.18 Å². The number of halogens is 2. The molecule has 0 saturated carbocycles. The Hall–Kier alpha value is -2.60. The third-order valence-electron chi connectivity index (χ3n) is 2.67. The van der Waals surface area contributed by atoms with Crippen LogP contribution in [0.15, 0.2) is 47.6 Å². The van der Waals surface area contributed by atoms with Crippen LogP contribution in [-0.4, -0.2) is 19.4 Å². The Labute approximate surface area is 131 Å². The number of carbonyl (C=O) groups excluding carboxylic acids is 1. The number of nitrogens with zero attached hydrogens (tertiary/aromatic N) is 1. The first-order valence-corrected chi connectivity index (χ1v) is 6.65. The number of anilines is 1. The Morgan fingerprint density at radius 2 is 2.00 bits per heavy atom. The molecule has 0 aliphatic heterocycles. The van der Waals surface area contributed by atoms with Crippen molar-refractivity contribution in [1.29, 1.82) is 0 Å². The van der Waals surface area contributed by atoms with Crippen molar-refractivity contribution in [3.8, 4) is 5.75 Å². The molecule has 0 fully saturated rings. The van der Waals surface area contributed by atoms with Crippen LogP contribution in [0.3, 0.4) is 0 Å². The number of urea groups is 1. The minimum Gasteiger partial charge on any atom is -0.497 e. The molecule has 0 atom stereocenters. The molecule has 7 heteroatoms. The lowest BCUT2D eigenvalue weighted by Crippen LogP contribution is -2.24. The maximum atomic E-state index is 13.0. The highest BCUT2D eigenvalue weighted by atomic mass is 35.5. The Bertz CT molecular complexity index is 690. The van der Waals surface area contributed by atoms with Crippen LogP contribution in [0.1, 0.15) is 5.56 Å². The number of ether oxygens (including phenoxy) is 1. The molecule has 5 nitrogen and oxygen atoms in total. The van der Waals surface area contributed by atoms with E-state index in [0.29, 0.717) is 5.69 Å². The summed E-state index contributed by atoms with van der Waals surface area (Å²) >= 11 is 5.62. The summed E-state index contributed by atoms with van der Waals surface area (Å²) in [6.07, 6.45) is 1.48. The maximum Gasteiger partial charge on any atom is 0.339 e. The van der Waals surface area contributed by atoms with Gasteiger partial charge in [-0.05, 0) is 48.0 Å². The minimum atomic E-state index is -0.563. The largest absolute Gasteiger partial charge is 0.497 e. The van der Waals surface area contributed by atoms with Gasteiger partial charge < -0.3 is 10.1 Å². The van der Waals surface area contributed by atoms with E-state index in [-0.39, 0.29) is 5.02 Å². The summed E-state index contributed by atoms with van der Waals surface area (Å²) < 4.78 is 18.0. The summed E-state index contributed by atoms with van der Waals surface area (Å²) in [5.41, 5.74) is 3.46. The van der Waals surface area contributed by atoms with Gasteiger partial charge in [0.1, 0.15) is 11.6 Å². The van der Waals surface area contributed by atoms with Gasteiger partial charge in [-0.15, -0.1) is 0 Å². The number of nitrogens with one attached hydrogen (secondary N) is 2. The number of hydrogen-bond acceptors (Lipinski definition) is 3. The standard InChI is InChI=1S/C15H13ClFN3O2/c1-22-12-5-2-10(3-6-12)9-18-20-15(21)19-11-4-7-14(17)13(16)8-11/h2-9H,1H3,(H2,19,20,21)/b18-9+. The Morgan fingerprint density at radius 1 is 1.27 bits per heavy atom. The van der Waals surface area contributed by atoms with Crippen LogP contribution in [0, 0.1) is 5.82 Å². The average molecular weight is 322 g/mol. The summed E-state index contributed by atoms with van der Waals surface area (Å²) in [4.78, 5) is 11.6. The van der Waals surface area contributed by atoms with Crippen LogP contribution < -0.4 is 15.5 Å². The number of methoxy groups -OCH3 is 1. The summed E-state index contributed by atoms with van der Waals surface area (Å²) in [7, 11) is 1.58. The molecule has 2 aromatic carbocycles. The van der Waals surface area contributed by atoms with E-state index in [1.807, 2.05) is 0 Å². The number of rotatable bonds is 4. The van der Waals surface area contributed by atoms with Crippen LogP contribution in [-0.2, 0) is 0 Å². The molecule has 2 N–H and O–H groups in total. The predicted molar refractivity (Wildman–Crippen MR) is 84.2 cm³/mol. The van der Waals surface area contributed by atoms with Gasteiger partial charge in [-0.1, -0.05) is 11.6 Å². The van der Waals surface area contributed by atoms with Gasteiger partial charge in [0.05, 0.1) is 18.3 Å². The lowest BCUT2D eigenvalue weighted by Gasteiger charge is -2.04. The first kappa shape index (κ1) is 15.8. The van der Waals surface area contributed by atoms with Gasteiger partial charge in [0.2, 0.25) is 0 Å². The molecular weight excluding hydrogens is 309 g/mol. The number of hydrazone groups is 1. The summed E-state index contributed by atoms with van der Waals surface area (Å²) in [6, 6.07) is 10.5. The van der Waals surface area contributed by atoms with Gasteiger partial charge in [-0.3, -0.25) is 0 Å². The minimum absolute atomic E-state index is 0.0699. The van der Waals surface area contributed by atoms with Crippen LogP contribution in [0.4, 0.5) is 14.9 Å². The normalized spacial score (nSPS) is 10.5. The number of amides is 2. The van der Waals surface area contributed by atoms with Gasteiger partial charge >= 0.3 is 6.03 Å². The second-order valence-electron chi connectivity index (χ2n) is 4.23. The van der Waals surface area contributed by atoms with Crippen LogP contribution in [0.2, 0.25) is 5.02 Å². The molecule has 0 bridgehead atoms. The first-order valence-electron chi connectivity index (χ1n) is 6.27. The SMILES string of the molecule is COc1ccc(/C=N/NC(=O)Nc2ccc(F)c(Cl)c2)cc1. The van der Waals surface area contributed by atoms with Crippen molar-refractivity contribution in [2.24, 2.45) is 5.10 Å². The average Bonchev–Trinajstić information content (AvgIpc) is 2.51. The molecule has 0 aliphatic rings. The Morgan fingerprint density at radius 3 is 2.64 bits per heavy atom. The molecule has 114 valence electrons. The van der Waals surface area contributed by atoms with E-state index < -0.39 is 11.8 Å². The fourth-order valence-corrected chi connectivity index (χ4v) is 1.77. The number of carbonyl (C=O) groups is 1. The third-order valence-corrected chi connectivity index (χ3v) is 2.96. The molecule has 0 aliphatic carbocycles. The van der Waals surface area contributed by atoms with Gasteiger partial charge in [-0.25, -0.2) is 14.6 Å². The molecule has 0 saturated heterocycles. The fourth-order valence-electron chi connectivity index (χ4n) is 1.59. The summed E-state index contributed by atoms with van der Waals surface area (Å²) in [5.74, 6) is 0.182. The second-order valence-corrected chi connectivity index (χ2v) is 4.63. The highest BCUT2D eigenvalue weighted by Gasteiger charge is 2.03. The van der Waals surface area contributed by atoms with Crippen molar-refractivity contribution in [2.75, 3.05) is 12.4 Å². The van der Waals surface area contributed by atoms with Crippen LogP contribution in [0.5, 0.6) is 5.75 Å². The van der Waals surface area contributed by atoms with Crippen molar-refractivity contribution < 1.29 is 13.9 Å². The molecule has 2 aromatic rings. The van der Waals surface area contributed by atoms with E-state index >= 15 is 0 Å². The zero-order valence-corrected chi connectivity index (χ0v) is 12.4. The highest BCUT2D eigenvalue weighted by Crippen LogP contribution is 2.19. The molecule has 2 amide bonds. The second kappa shape index (κ2) is 7.42. The van der Waals surface area contributed by atoms with Crippen molar-refractivity contribution >= 4 is 29.5 Å². The summed E-state index contributed by atoms with van der Waals surface area (Å²) in [6.45, 7) is 0. The fraction of sp³-hybridized carbons (Fsp3) is 0.0667.